The number of aromatic carboxylic acids is 1. The topological polar surface area (TPSA) is 82.5 Å². The van der Waals surface area contributed by atoms with Crippen LogP contribution in [0.4, 0.5) is 5.69 Å². The van der Waals surface area contributed by atoms with Gasteiger partial charge in [-0.15, -0.1) is 0 Å². The fraction of sp³-hybridized carbons (Fsp3) is 0.381. The highest BCUT2D eigenvalue weighted by molar-refractivity contribution is 6.03. The van der Waals surface area contributed by atoms with Crippen LogP contribution in [0.3, 0.4) is 0 Å². The number of nitrogens with zero attached hydrogens (tertiary/aromatic N) is 2. The average molecular weight is 367 g/mol. The maximum absolute atomic E-state index is 12.5. The Morgan fingerprint density at radius 3 is 2.56 bits per heavy atom. The van der Waals surface area contributed by atoms with Crippen LogP contribution >= 0.6 is 0 Å². The standard InChI is InChI=1S/C21H25N3O3/c1-24(17-8-3-2-4-9-17)14-16-7-5-6-10-18(16)23-20(25)19-12-11-15(13-22-19)21(26)27/h5-7,10-13,17H,2-4,8-9,14H2,1H3,(H,23,25)(H,26,27). The molecular formula is C21H25N3O3. The van der Waals surface area contributed by atoms with Gasteiger partial charge in [0.05, 0.1) is 5.56 Å². The zero-order valence-corrected chi connectivity index (χ0v) is 15.5. The molecule has 1 amide bonds. The quantitative estimate of drug-likeness (QED) is 0.811. The van der Waals surface area contributed by atoms with Crippen LogP contribution in [-0.2, 0) is 6.54 Å². The minimum atomic E-state index is -1.06. The molecule has 0 unspecified atom stereocenters. The molecule has 27 heavy (non-hydrogen) atoms. The van der Waals surface area contributed by atoms with Crippen molar-refractivity contribution in [2.24, 2.45) is 0 Å². The van der Waals surface area contributed by atoms with Gasteiger partial charge in [0.1, 0.15) is 5.69 Å². The number of carbonyl (C=O) groups excluding carboxylic acids is 1. The second-order valence-electron chi connectivity index (χ2n) is 7.06. The van der Waals surface area contributed by atoms with E-state index in [1.807, 2.05) is 24.3 Å². The zero-order valence-electron chi connectivity index (χ0n) is 15.5. The summed E-state index contributed by atoms with van der Waals surface area (Å²) in [5.41, 5.74) is 2.06. The Morgan fingerprint density at radius 1 is 1.15 bits per heavy atom. The SMILES string of the molecule is CN(Cc1ccccc1NC(=O)c1ccc(C(=O)O)cn1)C1CCCCC1. The van der Waals surface area contributed by atoms with Gasteiger partial charge in [-0.05, 0) is 43.7 Å². The van der Waals surface area contributed by atoms with Crippen LogP contribution in [0.15, 0.2) is 42.6 Å². The zero-order chi connectivity index (χ0) is 19.2. The number of benzene rings is 1. The van der Waals surface area contributed by atoms with Crippen LogP contribution < -0.4 is 5.32 Å². The highest BCUT2D eigenvalue weighted by Crippen LogP contribution is 2.25. The monoisotopic (exact) mass is 367 g/mol. The van der Waals surface area contributed by atoms with E-state index in [4.69, 9.17) is 5.11 Å². The van der Waals surface area contributed by atoms with Gasteiger partial charge in [0, 0.05) is 24.5 Å². The van der Waals surface area contributed by atoms with Gasteiger partial charge >= 0.3 is 5.97 Å². The second kappa shape index (κ2) is 8.77. The predicted molar refractivity (Wildman–Crippen MR) is 104 cm³/mol. The van der Waals surface area contributed by atoms with Crippen molar-refractivity contribution in [2.75, 3.05) is 12.4 Å². The van der Waals surface area contributed by atoms with E-state index in [1.54, 1.807) is 0 Å². The molecule has 1 saturated carbocycles. The molecule has 0 aliphatic heterocycles. The number of hydrogen-bond acceptors (Lipinski definition) is 4. The molecule has 1 fully saturated rings. The fourth-order valence-corrected chi connectivity index (χ4v) is 3.54. The predicted octanol–water partition coefficient (Wildman–Crippen LogP) is 3.80. The van der Waals surface area contributed by atoms with Gasteiger partial charge in [-0.2, -0.15) is 0 Å². The molecule has 1 aromatic carbocycles. The minimum absolute atomic E-state index is 0.0565. The maximum atomic E-state index is 12.5. The average Bonchev–Trinajstić information content (AvgIpc) is 2.70. The van der Waals surface area contributed by atoms with E-state index < -0.39 is 5.97 Å². The fourth-order valence-electron chi connectivity index (χ4n) is 3.54. The van der Waals surface area contributed by atoms with E-state index in [0.717, 1.165) is 17.8 Å². The van der Waals surface area contributed by atoms with E-state index >= 15 is 0 Å². The number of nitrogens with one attached hydrogen (secondary N) is 1. The lowest BCUT2D eigenvalue weighted by molar-refractivity contribution is 0.0696. The van der Waals surface area contributed by atoms with Crippen LogP contribution in [0, 0.1) is 0 Å². The Kier molecular flexibility index (Phi) is 6.19. The molecule has 6 heteroatoms. The minimum Gasteiger partial charge on any atom is -0.478 e. The summed E-state index contributed by atoms with van der Waals surface area (Å²) in [6.45, 7) is 0.770. The first-order valence-corrected chi connectivity index (χ1v) is 9.33. The number of carbonyl (C=O) groups is 2. The van der Waals surface area contributed by atoms with E-state index in [-0.39, 0.29) is 17.2 Å². The summed E-state index contributed by atoms with van der Waals surface area (Å²) in [6, 6.07) is 11.2. The normalized spacial score (nSPS) is 14.9. The first kappa shape index (κ1) is 19.0. The molecule has 1 aromatic heterocycles. The van der Waals surface area contributed by atoms with Crippen LogP contribution in [0.25, 0.3) is 0 Å². The third-order valence-corrected chi connectivity index (χ3v) is 5.13. The number of carboxylic acids is 1. The van der Waals surface area contributed by atoms with Gasteiger partial charge in [0.25, 0.3) is 5.91 Å². The molecule has 1 heterocycles. The third-order valence-electron chi connectivity index (χ3n) is 5.13. The maximum Gasteiger partial charge on any atom is 0.337 e. The Balaban J connectivity index is 1.69. The highest BCUT2D eigenvalue weighted by Gasteiger charge is 2.19. The van der Waals surface area contributed by atoms with E-state index in [0.29, 0.717) is 6.04 Å². The lowest BCUT2D eigenvalue weighted by Gasteiger charge is -2.31. The first-order chi connectivity index (χ1) is 13.0. The molecule has 3 rings (SSSR count). The van der Waals surface area contributed by atoms with Crippen LogP contribution in [0.1, 0.15) is 58.5 Å². The van der Waals surface area contributed by atoms with Crippen LogP contribution in [-0.4, -0.2) is 40.0 Å². The molecule has 6 nitrogen and oxygen atoms in total. The van der Waals surface area contributed by atoms with Gasteiger partial charge < -0.3 is 10.4 Å². The molecule has 1 aliphatic rings. The summed E-state index contributed by atoms with van der Waals surface area (Å²) < 4.78 is 0. The van der Waals surface area contributed by atoms with Crippen LogP contribution in [0.2, 0.25) is 0 Å². The van der Waals surface area contributed by atoms with E-state index in [2.05, 4.69) is 22.2 Å². The van der Waals surface area contributed by atoms with Gasteiger partial charge in [0.2, 0.25) is 0 Å². The number of aromatic nitrogens is 1. The van der Waals surface area contributed by atoms with Crippen molar-refractivity contribution < 1.29 is 14.7 Å². The van der Waals surface area contributed by atoms with Crippen molar-refractivity contribution >= 4 is 17.6 Å². The van der Waals surface area contributed by atoms with E-state index in [9.17, 15) is 9.59 Å². The molecule has 0 atom stereocenters. The number of amides is 1. The molecule has 142 valence electrons. The Labute approximate surface area is 159 Å². The number of carboxylic acid groups (broad SMARTS) is 1. The molecular weight excluding hydrogens is 342 g/mol. The summed E-state index contributed by atoms with van der Waals surface area (Å²) in [5, 5.41) is 11.8. The molecule has 0 saturated heterocycles. The number of para-hydroxylation sites is 1. The first-order valence-electron chi connectivity index (χ1n) is 9.33. The van der Waals surface area contributed by atoms with Gasteiger partial charge in [-0.3, -0.25) is 14.7 Å². The molecule has 0 radical (unpaired) electrons. The third kappa shape index (κ3) is 4.92. The summed E-state index contributed by atoms with van der Waals surface area (Å²) in [7, 11) is 2.14. The Bertz CT molecular complexity index is 799. The summed E-state index contributed by atoms with van der Waals surface area (Å²) in [4.78, 5) is 29.7. The number of hydrogen-bond donors (Lipinski definition) is 2. The smallest absolute Gasteiger partial charge is 0.337 e. The van der Waals surface area contributed by atoms with Crippen molar-refractivity contribution in [3.05, 3.63) is 59.4 Å². The Hall–Kier alpha value is -2.73. The van der Waals surface area contributed by atoms with Crippen molar-refractivity contribution in [3.8, 4) is 0 Å². The number of anilines is 1. The lowest BCUT2D eigenvalue weighted by atomic mass is 9.94. The van der Waals surface area contributed by atoms with Gasteiger partial charge in [0.15, 0.2) is 0 Å². The summed E-state index contributed by atoms with van der Waals surface area (Å²) >= 11 is 0. The molecule has 2 N–H and O–H groups in total. The molecule has 1 aliphatic carbocycles. The van der Waals surface area contributed by atoms with Crippen LogP contribution in [0.5, 0.6) is 0 Å². The number of pyridine rings is 1. The Morgan fingerprint density at radius 2 is 1.89 bits per heavy atom. The van der Waals surface area contributed by atoms with Crippen molar-refractivity contribution in [2.45, 2.75) is 44.7 Å². The number of rotatable bonds is 6. The van der Waals surface area contributed by atoms with E-state index in [1.165, 1.54) is 50.4 Å². The lowest BCUT2D eigenvalue weighted by Crippen LogP contribution is -2.33. The summed E-state index contributed by atoms with van der Waals surface area (Å²) in [5.74, 6) is -1.41. The van der Waals surface area contributed by atoms with Crippen molar-refractivity contribution in [1.82, 2.24) is 9.88 Å². The largest absolute Gasteiger partial charge is 0.478 e. The molecule has 0 bridgehead atoms. The van der Waals surface area contributed by atoms with Gasteiger partial charge in [-0.1, -0.05) is 37.5 Å². The second-order valence-corrected chi connectivity index (χ2v) is 7.06. The van der Waals surface area contributed by atoms with Crippen molar-refractivity contribution in [3.63, 3.8) is 0 Å². The highest BCUT2D eigenvalue weighted by atomic mass is 16.4. The summed E-state index contributed by atoms with van der Waals surface area (Å²) in [6.07, 6.45) is 7.54. The molecule has 0 spiro atoms. The van der Waals surface area contributed by atoms with Crippen molar-refractivity contribution in [1.29, 1.82) is 0 Å². The molecule has 2 aromatic rings. The van der Waals surface area contributed by atoms with Gasteiger partial charge in [-0.25, -0.2) is 4.79 Å².